The number of carbonyl (C=O) groups is 2. The first-order valence-corrected chi connectivity index (χ1v) is 8.00. The van der Waals surface area contributed by atoms with E-state index >= 15 is 0 Å². The Kier molecular flexibility index (Phi) is 10.3. The third kappa shape index (κ3) is 7.43. The van der Waals surface area contributed by atoms with Crippen molar-refractivity contribution in [2.75, 3.05) is 13.2 Å². The summed E-state index contributed by atoms with van der Waals surface area (Å²) < 4.78 is 10.2. The Morgan fingerprint density at radius 2 is 1.73 bits per heavy atom. The average Bonchev–Trinajstić information content (AvgIpc) is 2.47. The van der Waals surface area contributed by atoms with Crippen molar-refractivity contribution in [3.8, 4) is 0 Å². The van der Waals surface area contributed by atoms with E-state index in [2.05, 4.69) is 0 Å². The SMILES string of the molecule is CCCCOC(=O)/C=C/C(C(C)=C(C)C)C(C)C(=O)OCC. The molecule has 2 atom stereocenters. The lowest BCUT2D eigenvalue weighted by Gasteiger charge is -2.21. The number of unbranched alkanes of at least 4 members (excludes halogenated alkanes) is 1. The normalized spacial score (nSPS) is 13.5. The summed E-state index contributed by atoms with van der Waals surface area (Å²) in [5.74, 6) is -1.12. The summed E-state index contributed by atoms with van der Waals surface area (Å²) in [7, 11) is 0. The zero-order chi connectivity index (χ0) is 17.1. The van der Waals surface area contributed by atoms with Gasteiger partial charge in [-0.1, -0.05) is 37.5 Å². The fourth-order valence-corrected chi connectivity index (χ4v) is 1.99. The summed E-state index contributed by atoms with van der Waals surface area (Å²) in [5, 5.41) is 0. The molecular formula is C18H30O4. The molecule has 0 heterocycles. The van der Waals surface area contributed by atoms with E-state index in [9.17, 15) is 9.59 Å². The zero-order valence-electron chi connectivity index (χ0n) is 14.8. The Morgan fingerprint density at radius 1 is 1.09 bits per heavy atom. The van der Waals surface area contributed by atoms with Crippen LogP contribution < -0.4 is 0 Å². The quantitative estimate of drug-likeness (QED) is 0.279. The minimum Gasteiger partial charge on any atom is -0.466 e. The molecule has 4 nitrogen and oxygen atoms in total. The second kappa shape index (κ2) is 11.0. The molecule has 0 N–H and O–H groups in total. The van der Waals surface area contributed by atoms with Crippen LogP contribution in [0, 0.1) is 11.8 Å². The molecule has 0 amide bonds. The highest BCUT2D eigenvalue weighted by Gasteiger charge is 2.25. The van der Waals surface area contributed by atoms with E-state index in [1.54, 1.807) is 13.0 Å². The lowest BCUT2D eigenvalue weighted by atomic mass is 9.85. The molecule has 0 aliphatic heterocycles. The number of hydrogen-bond acceptors (Lipinski definition) is 4. The third-order valence-electron chi connectivity index (χ3n) is 3.67. The first-order chi connectivity index (χ1) is 10.3. The monoisotopic (exact) mass is 310 g/mol. The standard InChI is InChI=1S/C18H30O4/c1-7-9-12-22-17(19)11-10-16(14(5)13(3)4)15(6)18(20)21-8-2/h10-11,15-16H,7-9,12H2,1-6H3/b11-10+. The number of hydrogen-bond donors (Lipinski definition) is 0. The van der Waals surface area contributed by atoms with Crippen LogP contribution in [0.1, 0.15) is 54.4 Å². The molecular weight excluding hydrogens is 280 g/mol. The van der Waals surface area contributed by atoms with Gasteiger partial charge in [0.15, 0.2) is 0 Å². The van der Waals surface area contributed by atoms with Gasteiger partial charge < -0.3 is 9.47 Å². The first kappa shape index (κ1) is 20.4. The zero-order valence-corrected chi connectivity index (χ0v) is 14.8. The van der Waals surface area contributed by atoms with Gasteiger partial charge in [-0.05, 0) is 34.1 Å². The minimum atomic E-state index is -0.365. The van der Waals surface area contributed by atoms with Gasteiger partial charge in [-0.2, -0.15) is 0 Å². The van der Waals surface area contributed by atoms with Gasteiger partial charge in [-0.25, -0.2) is 4.79 Å². The fourth-order valence-electron chi connectivity index (χ4n) is 1.99. The van der Waals surface area contributed by atoms with Gasteiger partial charge in [-0.15, -0.1) is 0 Å². The van der Waals surface area contributed by atoms with E-state index in [1.165, 1.54) is 6.08 Å². The molecule has 0 fully saturated rings. The summed E-state index contributed by atoms with van der Waals surface area (Å²) in [6.07, 6.45) is 5.01. The molecule has 0 bridgehead atoms. The van der Waals surface area contributed by atoms with Crippen LogP contribution in [0.15, 0.2) is 23.3 Å². The van der Waals surface area contributed by atoms with Gasteiger partial charge in [0.25, 0.3) is 0 Å². The molecule has 4 heteroatoms. The van der Waals surface area contributed by atoms with E-state index in [0.29, 0.717) is 13.2 Å². The van der Waals surface area contributed by atoms with E-state index in [1.807, 2.05) is 34.6 Å². The van der Waals surface area contributed by atoms with Crippen molar-refractivity contribution in [2.24, 2.45) is 11.8 Å². The summed E-state index contributed by atoms with van der Waals surface area (Å²) >= 11 is 0. The number of rotatable bonds is 9. The molecule has 0 aromatic rings. The molecule has 0 saturated heterocycles. The van der Waals surface area contributed by atoms with Crippen molar-refractivity contribution in [3.05, 3.63) is 23.3 Å². The van der Waals surface area contributed by atoms with Gasteiger partial charge in [0.1, 0.15) is 0 Å². The predicted octanol–water partition coefficient (Wildman–Crippen LogP) is 4.06. The predicted molar refractivity (Wildman–Crippen MR) is 88.3 cm³/mol. The second-order valence-corrected chi connectivity index (χ2v) is 5.63. The molecule has 22 heavy (non-hydrogen) atoms. The molecule has 2 unspecified atom stereocenters. The number of carbonyl (C=O) groups excluding carboxylic acids is 2. The number of allylic oxidation sites excluding steroid dienone is 3. The molecule has 126 valence electrons. The maximum Gasteiger partial charge on any atom is 0.330 e. The van der Waals surface area contributed by atoms with E-state index in [4.69, 9.17) is 9.47 Å². The average molecular weight is 310 g/mol. The molecule has 0 aliphatic carbocycles. The topological polar surface area (TPSA) is 52.6 Å². The van der Waals surface area contributed by atoms with Crippen molar-refractivity contribution < 1.29 is 19.1 Å². The molecule has 0 aliphatic rings. The van der Waals surface area contributed by atoms with Crippen molar-refractivity contribution in [1.82, 2.24) is 0 Å². The lowest BCUT2D eigenvalue weighted by molar-refractivity contribution is -0.148. The van der Waals surface area contributed by atoms with Crippen LogP contribution in [0.3, 0.4) is 0 Å². The Bertz CT molecular complexity index is 417. The molecule has 0 radical (unpaired) electrons. The van der Waals surface area contributed by atoms with Crippen LogP contribution in [0.2, 0.25) is 0 Å². The van der Waals surface area contributed by atoms with Crippen LogP contribution in [0.25, 0.3) is 0 Å². The van der Waals surface area contributed by atoms with Crippen molar-refractivity contribution in [3.63, 3.8) is 0 Å². The van der Waals surface area contributed by atoms with Crippen LogP contribution in [0.4, 0.5) is 0 Å². The van der Waals surface area contributed by atoms with Gasteiger partial charge in [0.2, 0.25) is 0 Å². The Labute approximate surface area is 134 Å². The van der Waals surface area contributed by atoms with Crippen LogP contribution >= 0.6 is 0 Å². The Morgan fingerprint density at radius 3 is 2.23 bits per heavy atom. The summed E-state index contributed by atoms with van der Waals surface area (Å²) in [6.45, 7) is 12.4. The van der Waals surface area contributed by atoms with Gasteiger partial charge in [0.05, 0.1) is 19.1 Å². The Balaban J connectivity index is 4.99. The van der Waals surface area contributed by atoms with Crippen LogP contribution in [-0.4, -0.2) is 25.2 Å². The van der Waals surface area contributed by atoms with Gasteiger partial charge in [0, 0.05) is 12.0 Å². The maximum absolute atomic E-state index is 12.0. The molecule has 0 spiro atoms. The summed E-state index contributed by atoms with van der Waals surface area (Å²) in [6, 6.07) is 0. The second-order valence-electron chi connectivity index (χ2n) is 5.63. The number of esters is 2. The maximum atomic E-state index is 12.0. The van der Waals surface area contributed by atoms with E-state index < -0.39 is 0 Å². The van der Waals surface area contributed by atoms with Crippen molar-refractivity contribution in [2.45, 2.75) is 54.4 Å². The third-order valence-corrected chi connectivity index (χ3v) is 3.67. The van der Waals surface area contributed by atoms with Crippen molar-refractivity contribution in [1.29, 1.82) is 0 Å². The molecule has 0 rings (SSSR count). The smallest absolute Gasteiger partial charge is 0.330 e. The van der Waals surface area contributed by atoms with Crippen molar-refractivity contribution >= 4 is 11.9 Å². The highest BCUT2D eigenvalue weighted by molar-refractivity contribution is 5.82. The highest BCUT2D eigenvalue weighted by Crippen LogP contribution is 2.26. The summed E-state index contributed by atoms with van der Waals surface area (Å²) in [5.41, 5.74) is 2.20. The fraction of sp³-hybridized carbons (Fsp3) is 0.667. The molecule has 0 saturated carbocycles. The summed E-state index contributed by atoms with van der Waals surface area (Å²) in [4.78, 5) is 23.7. The first-order valence-electron chi connectivity index (χ1n) is 8.00. The van der Waals surface area contributed by atoms with Crippen LogP contribution in [0.5, 0.6) is 0 Å². The molecule has 0 aromatic heterocycles. The van der Waals surface area contributed by atoms with E-state index in [0.717, 1.165) is 24.0 Å². The lowest BCUT2D eigenvalue weighted by Crippen LogP contribution is -2.23. The van der Waals surface area contributed by atoms with Crippen LogP contribution in [-0.2, 0) is 19.1 Å². The number of ether oxygens (including phenoxy) is 2. The van der Waals surface area contributed by atoms with E-state index in [-0.39, 0.29) is 23.8 Å². The minimum absolute atomic E-state index is 0.164. The van der Waals surface area contributed by atoms with Gasteiger partial charge in [-0.3, -0.25) is 4.79 Å². The highest BCUT2D eigenvalue weighted by atomic mass is 16.5. The van der Waals surface area contributed by atoms with Gasteiger partial charge >= 0.3 is 11.9 Å². The molecule has 0 aromatic carbocycles. The Hall–Kier alpha value is -1.58. The largest absolute Gasteiger partial charge is 0.466 e.